The number of fused-ring (bicyclic) bond motifs is 1. The summed E-state index contributed by atoms with van der Waals surface area (Å²) in [5.41, 5.74) is 2.83. The van der Waals surface area contributed by atoms with Gasteiger partial charge >= 0.3 is 0 Å². The predicted molar refractivity (Wildman–Crippen MR) is 88.0 cm³/mol. The van der Waals surface area contributed by atoms with E-state index in [2.05, 4.69) is 43.1 Å². The van der Waals surface area contributed by atoms with Gasteiger partial charge in [0.2, 0.25) is 0 Å². The van der Waals surface area contributed by atoms with Crippen LogP contribution in [0.1, 0.15) is 30.9 Å². The number of ether oxygens (including phenoxy) is 1. The third-order valence-corrected chi connectivity index (χ3v) is 4.05. The summed E-state index contributed by atoms with van der Waals surface area (Å²) in [4.78, 5) is 0. The first-order chi connectivity index (χ1) is 9.30. The molecular formula is C17H26ClNO. The Morgan fingerprint density at radius 2 is 2.20 bits per heavy atom. The summed E-state index contributed by atoms with van der Waals surface area (Å²) < 4.78 is 5.51. The molecule has 0 amide bonds. The molecule has 0 aromatic heterocycles. The van der Waals surface area contributed by atoms with Crippen molar-refractivity contribution in [1.29, 1.82) is 0 Å². The van der Waals surface area contributed by atoms with Crippen molar-refractivity contribution in [3.63, 3.8) is 0 Å². The lowest BCUT2D eigenvalue weighted by molar-refractivity contribution is 0.323. The van der Waals surface area contributed by atoms with Gasteiger partial charge < -0.3 is 10.1 Å². The Morgan fingerprint density at radius 1 is 1.40 bits per heavy atom. The second-order valence-electron chi connectivity index (χ2n) is 5.35. The van der Waals surface area contributed by atoms with E-state index < -0.39 is 0 Å². The van der Waals surface area contributed by atoms with Crippen molar-refractivity contribution in [2.24, 2.45) is 5.92 Å². The van der Waals surface area contributed by atoms with Crippen molar-refractivity contribution in [2.45, 2.75) is 38.6 Å². The zero-order chi connectivity index (χ0) is 13.7. The van der Waals surface area contributed by atoms with E-state index in [1.807, 2.05) is 0 Å². The molecule has 2 rings (SSSR count). The Balaban J connectivity index is 0.00000200. The molecule has 112 valence electrons. The minimum Gasteiger partial charge on any atom is -0.496 e. The fourth-order valence-electron chi connectivity index (χ4n) is 3.07. The van der Waals surface area contributed by atoms with Crippen LogP contribution in [0.15, 0.2) is 30.9 Å². The van der Waals surface area contributed by atoms with E-state index in [0.717, 1.165) is 31.6 Å². The van der Waals surface area contributed by atoms with Crippen molar-refractivity contribution in [3.05, 3.63) is 42.0 Å². The Morgan fingerprint density at radius 3 is 2.85 bits per heavy atom. The van der Waals surface area contributed by atoms with Gasteiger partial charge in [0, 0.05) is 6.04 Å². The third-order valence-electron chi connectivity index (χ3n) is 4.05. The number of rotatable bonds is 6. The molecule has 2 atom stereocenters. The van der Waals surface area contributed by atoms with Gasteiger partial charge in [0.25, 0.3) is 0 Å². The number of methoxy groups -OCH3 is 1. The molecule has 0 bridgehead atoms. The molecule has 0 saturated heterocycles. The Kier molecular flexibility index (Phi) is 7.11. The highest BCUT2D eigenvalue weighted by Crippen LogP contribution is 2.33. The molecule has 20 heavy (non-hydrogen) atoms. The number of halogens is 1. The fraction of sp³-hybridized carbons (Fsp3) is 0.529. The van der Waals surface area contributed by atoms with Crippen LogP contribution < -0.4 is 10.1 Å². The third kappa shape index (κ3) is 3.77. The minimum atomic E-state index is 0. The lowest BCUT2D eigenvalue weighted by Crippen LogP contribution is -2.42. The van der Waals surface area contributed by atoms with E-state index in [1.165, 1.54) is 17.5 Å². The highest BCUT2D eigenvalue weighted by Gasteiger charge is 2.28. The van der Waals surface area contributed by atoms with Crippen LogP contribution in [0, 0.1) is 5.92 Å². The van der Waals surface area contributed by atoms with Crippen LogP contribution in [-0.2, 0) is 12.8 Å². The Labute approximate surface area is 129 Å². The molecule has 0 fully saturated rings. The zero-order valence-corrected chi connectivity index (χ0v) is 13.3. The van der Waals surface area contributed by atoms with Gasteiger partial charge in [0.1, 0.15) is 5.75 Å². The molecule has 3 heteroatoms. The van der Waals surface area contributed by atoms with E-state index in [-0.39, 0.29) is 12.4 Å². The first kappa shape index (κ1) is 17.1. The zero-order valence-electron chi connectivity index (χ0n) is 12.5. The van der Waals surface area contributed by atoms with Crippen LogP contribution in [0.5, 0.6) is 5.75 Å². The molecule has 0 unspecified atom stereocenters. The van der Waals surface area contributed by atoms with Crippen molar-refractivity contribution >= 4 is 12.4 Å². The van der Waals surface area contributed by atoms with Gasteiger partial charge in [0.15, 0.2) is 0 Å². The van der Waals surface area contributed by atoms with Crippen LogP contribution in [-0.4, -0.2) is 19.7 Å². The smallest absolute Gasteiger partial charge is 0.122 e. The number of hydrogen-bond acceptors (Lipinski definition) is 2. The Bertz CT molecular complexity index is 433. The SMILES string of the molecule is C=CC[C@@H]1Cc2cccc(OC)c2C[C@H]1NCCC.Cl. The van der Waals surface area contributed by atoms with Gasteiger partial charge in [-0.05, 0) is 55.3 Å². The van der Waals surface area contributed by atoms with Gasteiger partial charge in [-0.1, -0.05) is 25.1 Å². The molecule has 0 radical (unpaired) electrons. The van der Waals surface area contributed by atoms with E-state index in [1.54, 1.807) is 7.11 Å². The maximum Gasteiger partial charge on any atom is 0.122 e. The predicted octanol–water partition coefficient (Wildman–Crippen LogP) is 3.78. The van der Waals surface area contributed by atoms with Crippen LogP contribution in [0.4, 0.5) is 0 Å². The molecule has 1 aromatic rings. The summed E-state index contributed by atoms with van der Waals surface area (Å²) in [6.07, 6.45) is 6.50. The Hall–Kier alpha value is -0.990. The van der Waals surface area contributed by atoms with Crippen LogP contribution in [0.3, 0.4) is 0 Å². The second kappa shape index (κ2) is 8.33. The van der Waals surface area contributed by atoms with E-state index in [0.29, 0.717) is 12.0 Å². The summed E-state index contributed by atoms with van der Waals surface area (Å²) in [5, 5.41) is 3.70. The molecule has 0 aliphatic heterocycles. The van der Waals surface area contributed by atoms with Gasteiger partial charge in [-0.2, -0.15) is 0 Å². The summed E-state index contributed by atoms with van der Waals surface area (Å²) in [6, 6.07) is 6.96. The number of nitrogens with one attached hydrogen (secondary N) is 1. The maximum absolute atomic E-state index is 5.51. The van der Waals surface area contributed by atoms with Gasteiger partial charge in [-0.3, -0.25) is 0 Å². The molecular weight excluding hydrogens is 270 g/mol. The van der Waals surface area contributed by atoms with Gasteiger partial charge in [-0.25, -0.2) is 0 Å². The molecule has 0 heterocycles. The normalized spacial score (nSPS) is 20.7. The minimum absolute atomic E-state index is 0. The monoisotopic (exact) mass is 295 g/mol. The summed E-state index contributed by atoms with van der Waals surface area (Å²) in [5.74, 6) is 1.70. The number of allylic oxidation sites excluding steroid dienone is 1. The second-order valence-corrected chi connectivity index (χ2v) is 5.35. The maximum atomic E-state index is 5.51. The lowest BCUT2D eigenvalue weighted by Gasteiger charge is -2.34. The quantitative estimate of drug-likeness (QED) is 0.807. The molecule has 1 aromatic carbocycles. The first-order valence-corrected chi connectivity index (χ1v) is 7.29. The largest absolute Gasteiger partial charge is 0.496 e. The van der Waals surface area contributed by atoms with E-state index >= 15 is 0 Å². The fourth-order valence-corrected chi connectivity index (χ4v) is 3.07. The molecule has 2 nitrogen and oxygen atoms in total. The topological polar surface area (TPSA) is 21.3 Å². The number of hydrogen-bond donors (Lipinski definition) is 1. The summed E-state index contributed by atoms with van der Waals surface area (Å²) in [7, 11) is 1.76. The van der Waals surface area contributed by atoms with Crippen molar-refractivity contribution in [2.75, 3.05) is 13.7 Å². The standard InChI is InChI=1S/C17H25NO.ClH/c1-4-7-14-11-13-8-6-9-17(19-3)15(13)12-16(14)18-10-5-2;/h4,6,8-9,14,16,18H,1,5,7,10-12H2,2-3H3;1H/t14-,16-;/m1./s1. The highest BCUT2D eigenvalue weighted by atomic mass is 35.5. The van der Waals surface area contributed by atoms with Crippen molar-refractivity contribution in [3.8, 4) is 5.75 Å². The molecule has 0 spiro atoms. The van der Waals surface area contributed by atoms with E-state index in [4.69, 9.17) is 4.74 Å². The highest BCUT2D eigenvalue weighted by molar-refractivity contribution is 5.85. The van der Waals surface area contributed by atoms with Crippen molar-refractivity contribution in [1.82, 2.24) is 5.32 Å². The van der Waals surface area contributed by atoms with Crippen LogP contribution in [0.25, 0.3) is 0 Å². The van der Waals surface area contributed by atoms with Gasteiger partial charge in [0.05, 0.1) is 7.11 Å². The molecule has 1 N–H and O–H groups in total. The molecule has 1 aliphatic carbocycles. The summed E-state index contributed by atoms with van der Waals surface area (Å²) in [6.45, 7) is 7.21. The average molecular weight is 296 g/mol. The lowest BCUT2D eigenvalue weighted by atomic mass is 9.78. The van der Waals surface area contributed by atoms with Crippen LogP contribution >= 0.6 is 12.4 Å². The number of benzene rings is 1. The van der Waals surface area contributed by atoms with E-state index in [9.17, 15) is 0 Å². The average Bonchev–Trinajstić information content (AvgIpc) is 2.44. The molecule has 1 aliphatic rings. The first-order valence-electron chi connectivity index (χ1n) is 7.29. The van der Waals surface area contributed by atoms with Crippen molar-refractivity contribution < 1.29 is 4.74 Å². The van der Waals surface area contributed by atoms with Crippen LogP contribution in [0.2, 0.25) is 0 Å². The molecule has 0 saturated carbocycles. The van der Waals surface area contributed by atoms with Gasteiger partial charge in [-0.15, -0.1) is 19.0 Å². The summed E-state index contributed by atoms with van der Waals surface area (Å²) >= 11 is 0.